The van der Waals surface area contributed by atoms with Crippen LogP contribution in [-0.4, -0.2) is 17.8 Å². The lowest BCUT2D eigenvalue weighted by Gasteiger charge is -2.53. The monoisotopic (exact) mass is 310 g/mol. The summed E-state index contributed by atoms with van der Waals surface area (Å²) in [7, 11) is 1.79. The van der Waals surface area contributed by atoms with Crippen LogP contribution in [0.3, 0.4) is 0 Å². The number of fused-ring (bicyclic) bond motifs is 5. The van der Waals surface area contributed by atoms with E-state index >= 15 is 0 Å². The van der Waals surface area contributed by atoms with Gasteiger partial charge >= 0.3 is 0 Å². The molecule has 2 saturated carbocycles. The molecule has 4 rings (SSSR count). The molecule has 0 saturated heterocycles. The van der Waals surface area contributed by atoms with Crippen molar-refractivity contribution in [2.24, 2.45) is 17.3 Å². The fourth-order valence-electron chi connectivity index (χ4n) is 6.20. The highest BCUT2D eigenvalue weighted by Gasteiger charge is 2.62. The third-order valence-corrected chi connectivity index (χ3v) is 7.41. The van der Waals surface area contributed by atoms with Gasteiger partial charge in [-0.1, -0.05) is 18.9 Å². The number of hydrogen-bond acceptors (Lipinski definition) is 2. The Morgan fingerprint density at radius 1 is 1.26 bits per heavy atom. The fraction of sp³-hybridized carbons (Fsp3) is 0.619. The van der Waals surface area contributed by atoms with Gasteiger partial charge in [0.1, 0.15) is 11.4 Å². The number of terminal acetylenes is 1. The molecule has 0 unspecified atom stereocenters. The van der Waals surface area contributed by atoms with Crippen LogP contribution in [0.2, 0.25) is 0 Å². The highest BCUT2D eigenvalue weighted by molar-refractivity contribution is 5.40. The van der Waals surface area contributed by atoms with Crippen LogP contribution in [0.25, 0.3) is 0 Å². The molecule has 122 valence electrons. The third kappa shape index (κ3) is 1.86. The molecular formula is C21H26O2. The molecule has 0 spiro atoms. The molecule has 0 heterocycles. The maximum Gasteiger partial charge on any atom is 0.133 e. The number of hydrogen-bond donors (Lipinski definition) is 1. The average Bonchev–Trinajstić information content (AvgIpc) is 2.87. The van der Waals surface area contributed by atoms with Crippen LogP contribution in [0.1, 0.15) is 56.1 Å². The molecule has 1 aromatic carbocycles. The van der Waals surface area contributed by atoms with Gasteiger partial charge in [0.15, 0.2) is 0 Å². The number of methoxy groups -OCH3 is 1. The number of phenolic OH excluding ortho intramolecular Hbond substituents is 1. The van der Waals surface area contributed by atoms with Crippen LogP contribution >= 0.6 is 0 Å². The highest BCUT2D eigenvalue weighted by Crippen LogP contribution is 2.65. The largest absolute Gasteiger partial charge is 0.508 e. The number of rotatable bonds is 1. The quantitative estimate of drug-likeness (QED) is 0.785. The average molecular weight is 310 g/mol. The molecule has 2 heteroatoms. The topological polar surface area (TPSA) is 29.5 Å². The molecule has 0 bridgehead atoms. The molecule has 0 amide bonds. The SMILES string of the molecule is C#C[C@]1(OC)CC[C@H]2[C@@H]3CCc4cc(O)ccc4[C@H]3CC[C@@]21C. The summed E-state index contributed by atoms with van der Waals surface area (Å²) in [4.78, 5) is 0. The minimum Gasteiger partial charge on any atom is -0.508 e. The van der Waals surface area contributed by atoms with Gasteiger partial charge in [0.25, 0.3) is 0 Å². The number of aromatic hydroxyl groups is 1. The molecule has 0 aliphatic heterocycles. The van der Waals surface area contributed by atoms with E-state index in [1.807, 2.05) is 12.1 Å². The Labute approximate surface area is 139 Å². The molecule has 1 N–H and O–H groups in total. The Bertz CT molecular complexity index is 673. The Hall–Kier alpha value is -1.46. The maximum atomic E-state index is 9.77. The first-order chi connectivity index (χ1) is 11.0. The lowest BCUT2D eigenvalue weighted by molar-refractivity contribution is -0.0885. The van der Waals surface area contributed by atoms with Gasteiger partial charge in [0, 0.05) is 12.5 Å². The van der Waals surface area contributed by atoms with Gasteiger partial charge in [-0.25, -0.2) is 0 Å². The van der Waals surface area contributed by atoms with E-state index in [-0.39, 0.29) is 11.0 Å². The van der Waals surface area contributed by atoms with Crippen molar-refractivity contribution < 1.29 is 9.84 Å². The van der Waals surface area contributed by atoms with E-state index in [4.69, 9.17) is 11.2 Å². The van der Waals surface area contributed by atoms with Crippen LogP contribution in [-0.2, 0) is 11.2 Å². The Kier molecular flexibility index (Phi) is 3.29. The second-order valence-electron chi connectivity index (χ2n) is 7.97. The second kappa shape index (κ2) is 5.02. The maximum absolute atomic E-state index is 9.77. The van der Waals surface area contributed by atoms with Crippen LogP contribution < -0.4 is 0 Å². The third-order valence-electron chi connectivity index (χ3n) is 7.41. The van der Waals surface area contributed by atoms with E-state index in [2.05, 4.69) is 18.9 Å². The summed E-state index contributed by atoms with van der Waals surface area (Å²) >= 11 is 0. The van der Waals surface area contributed by atoms with E-state index in [0.717, 1.165) is 19.3 Å². The Balaban J connectivity index is 1.72. The van der Waals surface area contributed by atoms with Crippen molar-refractivity contribution in [2.75, 3.05) is 7.11 Å². The van der Waals surface area contributed by atoms with Crippen molar-refractivity contribution in [1.82, 2.24) is 0 Å². The van der Waals surface area contributed by atoms with Crippen molar-refractivity contribution in [1.29, 1.82) is 0 Å². The smallest absolute Gasteiger partial charge is 0.133 e. The molecule has 0 radical (unpaired) electrons. The molecule has 23 heavy (non-hydrogen) atoms. The van der Waals surface area contributed by atoms with E-state index in [0.29, 0.717) is 23.5 Å². The predicted octanol–water partition coefficient (Wildman–Crippen LogP) is 4.27. The van der Waals surface area contributed by atoms with Gasteiger partial charge in [-0.2, -0.15) is 0 Å². The summed E-state index contributed by atoms with van der Waals surface area (Å²) in [5.74, 6) is 5.42. The number of aryl methyl sites for hydroxylation is 1. The molecule has 5 atom stereocenters. The minimum absolute atomic E-state index is 0.103. The minimum atomic E-state index is -0.377. The normalized spacial score (nSPS) is 41.5. The van der Waals surface area contributed by atoms with Crippen molar-refractivity contribution in [3.63, 3.8) is 0 Å². The molecule has 3 aliphatic rings. The first-order valence-electron chi connectivity index (χ1n) is 8.89. The zero-order valence-corrected chi connectivity index (χ0v) is 14.1. The first kappa shape index (κ1) is 15.1. The van der Waals surface area contributed by atoms with Gasteiger partial charge < -0.3 is 9.84 Å². The van der Waals surface area contributed by atoms with E-state index in [1.165, 1.54) is 30.4 Å². The summed E-state index contributed by atoms with van der Waals surface area (Å²) in [5, 5.41) is 9.77. The summed E-state index contributed by atoms with van der Waals surface area (Å²) in [6.07, 6.45) is 12.7. The van der Waals surface area contributed by atoms with Crippen LogP contribution in [0.4, 0.5) is 0 Å². The van der Waals surface area contributed by atoms with E-state index < -0.39 is 0 Å². The Morgan fingerprint density at radius 2 is 2.09 bits per heavy atom. The molecule has 3 aliphatic carbocycles. The number of phenols is 1. The summed E-state index contributed by atoms with van der Waals surface area (Å²) < 4.78 is 5.92. The summed E-state index contributed by atoms with van der Waals surface area (Å²) in [5.41, 5.74) is 2.55. The van der Waals surface area contributed by atoms with Crippen molar-refractivity contribution >= 4 is 0 Å². The van der Waals surface area contributed by atoms with Gasteiger partial charge in [-0.3, -0.25) is 0 Å². The zero-order valence-electron chi connectivity index (χ0n) is 14.1. The molecular weight excluding hydrogens is 284 g/mol. The standard InChI is InChI=1S/C21H26O2/c1-4-21(23-3)12-10-19-18-7-5-14-13-15(22)6-8-16(14)17(18)9-11-20(19,21)2/h1,6,8,13,17-19,22H,5,7,9-12H2,2-3H3/t17-,18-,19+,20+,21+/m1/s1. The first-order valence-corrected chi connectivity index (χ1v) is 8.89. The number of ether oxygens (including phenoxy) is 1. The van der Waals surface area contributed by atoms with Gasteiger partial charge in [-0.15, -0.1) is 6.42 Å². The van der Waals surface area contributed by atoms with E-state index in [1.54, 1.807) is 7.11 Å². The van der Waals surface area contributed by atoms with Crippen LogP contribution in [0.5, 0.6) is 5.75 Å². The van der Waals surface area contributed by atoms with Gasteiger partial charge in [0.2, 0.25) is 0 Å². The molecule has 1 aromatic rings. The van der Waals surface area contributed by atoms with E-state index in [9.17, 15) is 5.11 Å². The summed E-state index contributed by atoms with van der Waals surface area (Å²) in [6.45, 7) is 2.37. The highest BCUT2D eigenvalue weighted by atomic mass is 16.5. The Morgan fingerprint density at radius 3 is 2.83 bits per heavy atom. The zero-order chi connectivity index (χ0) is 16.2. The lowest BCUT2D eigenvalue weighted by atomic mass is 9.53. The number of benzene rings is 1. The molecule has 2 fully saturated rings. The predicted molar refractivity (Wildman–Crippen MR) is 91.3 cm³/mol. The van der Waals surface area contributed by atoms with Crippen LogP contribution in [0.15, 0.2) is 18.2 Å². The van der Waals surface area contributed by atoms with Gasteiger partial charge in [-0.05, 0) is 79.5 Å². The summed E-state index contributed by atoms with van der Waals surface area (Å²) in [6, 6.07) is 5.98. The van der Waals surface area contributed by atoms with Crippen molar-refractivity contribution in [2.45, 2.75) is 57.0 Å². The van der Waals surface area contributed by atoms with Crippen molar-refractivity contribution in [3.8, 4) is 18.1 Å². The molecule has 0 aromatic heterocycles. The van der Waals surface area contributed by atoms with Crippen LogP contribution in [0, 0.1) is 29.6 Å². The van der Waals surface area contributed by atoms with Crippen molar-refractivity contribution in [3.05, 3.63) is 29.3 Å². The molecule has 2 nitrogen and oxygen atoms in total. The second-order valence-corrected chi connectivity index (χ2v) is 7.97. The van der Waals surface area contributed by atoms with Gasteiger partial charge in [0.05, 0.1) is 0 Å². The fourth-order valence-corrected chi connectivity index (χ4v) is 6.20. The lowest BCUT2D eigenvalue weighted by Crippen LogP contribution is -2.51.